The smallest absolute Gasteiger partial charge is 0.466 e. The highest BCUT2D eigenvalue weighted by Gasteiger charge is 2.51. The number of hydrogen-bond donors (Lipinski definition) is 2. The first kappa shape index (κ1) is 34.6. The Morgan fingerprint density at radius 2 is 1.61 bits per heavy atom. The predicted molar refractivity (Wildman–Crippen MR) is 156 cm³/mol. The minimum Gasteiger partial charge on any atom is -0.466 e. The van der Waals surface area contributed by atoms with Crippen molar-refractivity contribution in [2.24, 2.45) is 11.7 Å². The summed E-state index contributed by atoms with van der Waals surface area (Å²) in [4.78, 5) is 53.3. The van der Waals surface area contributed by atoms with Gasteiger partial charge in [-0.2, -0.15) is 13.2 Å². The highest BCUT2D eigenvalue weighted by Crippen LogP contribution is 2.33. The van der Waals surface area contributed by atoms with Crippen molar-refractivity contribution < 1.29 is 41.8 Å². The maximum atomic E-state index is 14.3. The monoisotopic (exact) mass is 619 g/mol. The summed E-state index contributed by atoms with van der Waals surface area (Å²) >= 11 is 0. The van der Waals surface area contributed by atoms with Gasteiger partial charge in [-0.05, 0) is 63.0 Å². The van der Waals surface area contributed by atoms with E-state index in [4.69, 9.17) is 15.2 Å². The Hall–Kier alpha value is -3.93. The lowest BCUT2D eigenvalue weighted by Crippen LogP contribution is -2.63. The Morgan fingerprint density at radius 3 is 2.23 bits per heavy atom. The van der Waals surface area contributed by atoms with Crippen molar-refractivity contribution in [3.63, 3.8) is 0 Å². The van der Waals surface area contributed by atoms with Gasteiger partial charge < -0.3 is 25.4 Å². The van der Waals surface area contributed by atoms with Crippen LogP contribution in [-0.2, 0) is 41.7 Å². The fraction of sp³-hybridized carbons (Fsp3) is 0.500. The topological polar surface area (TPSA) is 128 Å². The molecule has 3 rings (SSSR count). The molecular formula is C32H40F3N3O6. The molecule has 1 aliphatic heterocycles. The average molecular weight is 620 g/mol. The quantitative estimate of drug-likeness (QED) is 0.227. The minimum absolute atomic E-state index is 0.0259. The zero-order chi connectivity index (χ0) is 32.2. The van der Waals surface area contributed by atoms with Crippen LogP contribution in [0.4, 0.5) is 13.2 Å². The first-order valence-electron chi connectivity index (χ1n) is 14.8. The summed E-state index contributed by atoms with van der Waals surface area (Å²) < 4.78 is 48.7. The van der Waals surface area contributed by atoms with Gasteiger partial charge in [-0.3, -0.25) is 14.4 Å². The molecular weight excluding hydrogens is 579 g/mol. The lowest BCUT2D eigenvalue weighted by atomic mass is 9.76. The molecule has 1 heterocycles. The minimum atomic E-state index is -5.01. The molecule has 9 nitrogen and oxygen atoms in total. The van der Waals surface area contributed by atoms with E-state index in [9.17, 15) is 32.3 Å². The molecule has 3 N–H and O–H groups in total. The maximum absolute atomic E-state index is 14.3. The molecule has 44 heavy (non-hydrogen) atoms. The predicted octanol–water partition coefficient (Wildman–Crippen LogP) is 4.08. The lowest BCUT2D eigenvalue weighted by molar-refractivity contribution is -0.173. The molecule has 2 aromatic rings. The van der Waals surface area contributed by atoms with Crippen LogP contribution >= 0.6 is 0 Å². The number of unbranched alkanes of at least 4 members (excludes halogenated alkanes) is 1. The third-order valence-electron chi connectivity index (χ3n) is 7.73. The molecule has 0 aromatic heterocycles. The zero-order valence-corrected chi connectivity index (χ0v) is 24.8. The van der Waals surface area contributed by atoms with Gasteiger partial charge in [0.05, 0.1) is 12.5 Å². The molecule has 3 atom stereocenters. The number of nitrogens with two attached hydrogens (primary N) is 1. The molecule has 1 aliphatic rings. The zero-order valence-electron chi connectivity index (χ0n) is 24.8. The Kier molecular flexibility index (Phi) is 12.7. The summed E-state index contributed by atoms with van der Waals surface area (Å²) in [6.07, 6.45) is -3.47. The van der Waals surface area contributed by atoms with E-state index >= 15 is 0 Å². The number of nitrogens with zero attached hydrogens (tertiary/aromatic N) is 1. The van der Waals surface area contributed by atoms with Gasteiger partial charge in [0, 0.05) is 13.1 Å². The molecule has 1 saturated heterocycles. The number of rotatable bonds is 15. The molecule has 2 amide bonds. The van der Waals surface area contributed by atoms with Gasteiger partial charge in [0.1, 0.15) is 18.2 Å². The summed E-state index contributed by atoms with van der Waals surface area (Å²) in [5, 5.41) is 1.81. The number of carbonyl (C=O) groups excluding carboxylic acids is 4. The largest absolute Gasteiger partial charge is 0.471 e. The van der Waals surface area contributed by atoms with E-state index in [0.29, 0.717) is 19.3 Å². The summed E-state index contributed by atoms with van der Waals surface area (Å²) in [5.74, 6) is -5.06. The molecule has 240 valence electrons. The second kappa shape index (κ2) is 16.2. The number of esters is 2. The fourth-order valence-electron chi connectivity index (χ4n) is 5.41. The number of halogens is 3. The van der Waals surface area contributed by atoms with Crippen LogP contribution in [0.25, 0.3) is 0 Å². The average Bonchev–Trinajstić information content (AvgIpc) is 3.50. The van der Waals surface area contributed by atoms with E-state index in [1.807, 2.05) is 66.0 Å². The van der Waals surface area contributed by atoms with Crippen molar-refractivity contribution in [3.8, 4) is 0 Å². The molecule has 1 fully saturated rings. The van der Waals surface area contributed by atoms with Crippen LogP contribution in [0, 0.1) is 5.92 Å². The van der Waals surface area contributed by atoms with Crippen molar-refractivity contribution >= 4 is 23.8 Å². The highest BCUT2D eigenvalue weighted by atomic mass is 19.4. The number of aryl methyl sites for hydroxylation is 1. The van der Waals surface area contributed by atoms with Crippen molar-refractivity contribution in [2.75, 3.05) is 19.7 Å². The van der Waals surface area contributed by atoms with E-state index in [1.165, 1.54) is 4.90 Å². The van der Waals surface area contributed by atoms with Crippen LogP contribution in [0.5, 0.6) is 0 Å². The SMILES string of the molecule is CCOC(=O)[C@@H](CCc1ccccc1)[C@](N)(CCCCNC(=O)C(F)(F)F)C(=O)N1CCC[C@H]1C(=O)OCc1ccccc1. The van der Waals surface area contributed by atoms with Gasteiger partial charge in [0.15, 0.2) is 0 Å². The molecule has 0 radical (unpaired) electrons. The molecule has 12 heteroatoms. The first-order chi connectivity index (χ1) is 21.0. The Labute approximate surface area is 255 Å². The number of benzene rings is 2. The lowest BCUT2D eigenvalue weighted by Gasteiger charge is -2.39. The molecule has 0 saturated carbocycles. The van der Waals surface area contributed by atoms with Crippen molar-refractivity contribution in [1.82, 2.24) is 10.2 Å². The fourth-order valence-corrected chi connectivity index (χ4v) is 5.41. The summed E-state index contributed by atoms with van der Waals surface area (Å²) in [6, 6.07) is 17.5. The number of likely N-dealkylation sites (tertiary alicyclic amines) is 1. The van der Waals surface area contributed by atoms with Crippen LogP contribution in [0.1, 0.15) is 56.6 Å². The second-order valence-electron chi connectivity index (χ2n) is 10.8. The van der Waals surface area contributed by atoms with Crippen LogP contribution in [0.2, 0.25) is 0 Å². The number of ether oxygens (including phenoxy) is 2. The summed E-state index contributed by atoms with van der Waals surface area (Å²) in [5.41, 5.74) is 6.75. The van der Waals surface area contributed by atoms with Crippen LogP contribution in [-0.4, -0.2) is 66.1 Å². The number of alkyl halides is 3. The highest BCUT2D eigenvalue weighted by molar-refractivity contribution is 5.95. The molecule has 0 aliphatic carbocycles. The van der Waals surface area contributed by atoms with Gasteiger partial charge in [-0.25, -0.2) is 4.79 Å². The van der Waals surface area contributed by atoms with E-state index in [-0.39, 0.29) is 52.0 Å². The van der Waals surface area contributed by atoms with E-state index < -0.39 is 47.4 Å². The Bertz CT molecular complexity index is 1240. The van der Waals surface area contributed by atoms with Crippen molar-refractivity contribution in [3.05, 3.63) is 71.8 Å². The molecule has 0 unspecified atom stereocenters. The van der Waals surface area contributed by atoms with E-state index in [0.717, 1.165) is 11.1 Å². The third-order valence-corrected chi connectivity index (χ3v) is 7.73. The summed E-state index contributed by atoms with van der Waals surface area (Å²) in [6.45, 7) is 1.63. The van der Waals surface area contributed by atoms with Crippen molar-refractivity contribution in [2.45, 2.75) is 76.2 Å². The number of nitrogens with one attached hydrogen (secondary N) is 1. The second-order valence-corrected chi connectivity index (χ2v) is 10.8. The number of hydrogen-bond acceptors (Lipinski definition) is 7. The van der Waals surface area contributed by atoms with Crippen molar-refractivity contribution in [1.29, 1.82) is 0 Å². The van der Waals surface area contributed by atoms with Gasteiger partial charge in [0.2, 0.25) is 5.91 Å². The number of carbonyl (C=O) groups is 4. The van der Waals surface area contributed by atoms with Gasteiger partial charge in [-0.15, -0.1) is 0 Å². The van der Waals surface area contributed by atoms with Gasteiger partial charge in [-0.1, -0.05) is 60.7 Å². The van der Waals surface area contributed by atoms with Crippen LogP contribution < -0.4 is 11.1 Å². The van der Waals surface area contributed by atoms with Crippen LogP contribution in [0.15, 0.2) is 60.7 Å². The molecule has 2 aromatic carbocycles. The summed E-state index contributed by atoms with van der Waals surface area (Å²) in [7, 11) is 0. The van der Waals surface area contributed by atoms with Gasteiger partial charge >= 0.3 is 24.0 Å². The normalized spacial score (nSPS) is 16.9. The maximum Gasteiger partial charge on any atom is 0.471 e. The standard InChI is InChI=1S/C32H40F3N3O6/c1-2-43-27(39)25(18-17-23-12-5-3-6-13-23)31(36,19-9-10-20-37-29(41)32(33,34)35)30(42)38-21-11-16-26(38)28(40)44-22-24-14-7-4-8-15-24/h3-8,12-15,25-26H,2,9-11,16-22,36H2,1H3,(H,37,41)/t25-,26+,31-/m1/s1. The van der Waals surface area contributed by atoms with E-state index in [2.05, 4.69) is 0 Å². The number of amides is 2. The molecule has 0 bridgehead atoms. The first-order valence-corrected chi connectivity index (χ1v) is 14.8. The Morgan fingerprint density at radius 1 is 0.977 bits per heavy atom. The third kappa shape index (κ3) is 9.54. The van der Waals surface area contributed by atoms with Gasteiger partial charge in [0.25, 0.3) is 0 Å². The molecule has 0 spiro atoms. The van der Waals surface area contributed by atoms with Crippen LogP contribution in [0.3, 0.4) is 0 Å². The Balaban J connectivity index is 1.82. The van der Waals surface area contributed by atoms with E-state index in [1.54, 1.807) is 6.92 Å².